The van der Waals surface area contributed by atoms with Gasteiger partial charge in [0.25, 0.3) is 0 Å². The highest BCUT2D eigenvalue weighted by Crippen LogP contribution is 2.34. The number of hydrogen-bond donors (Lipinski definition) is 2. The van der Waals surface area contributed by atoms with Crippen LogP contribution in [0.1, 0.15) is 51.4 Å². The van der Waals surface area contributed by atoms with Gasteiger partial charge in [0.05, 0.1) is 18.6 Å². The van der Waals surface area contributed by atoms with Gasteiger partial charge in [0, 0.05) is 24.3 Å². The van der Waals surface area contributed by atoms with E-state index >= 15 is 0 Å². The Bertz CT molecular complexity index is 848. The molecule has 2 aliphatic rings. The maximum Gasteiger partial charge on any atom is 0.313 e. The van der Waals surface area contributed by atoms with Crippen molar-refractivity contribution in [1.82, 2.24) is 5.32 Å². The molecule has 1 saturated heterocycles. The molecule has 0 aromatic heterocycles. The highest BCUT2D eigenvalue weighted by Gasteiger charge is 2.28. The first-order valence-corrected chi connectivity index (χ1v) is 11.8. The SMILES string of the molecule is COc1cc(NC(=O)C(=O)NC2CCCCCC2)ccc1N1CCCCS1(=O)=O. The van der Waals surface area contributed by atoms with Crippen molar-refractivity contribution < 1.29 is 22.7 Å². The van der Waals surface area contributed by atoms with E-state index in [1.165, 1.54) is 17.5 Å². The van der Waals surface area contributed by atoms with Crippen LogP contribution in [-0.2, 0) is 19.6 Å². The molecule has 1 saturated carbocycles. The van der Waals surface area contributed by atoms with Crippen LogP contribution in [0.3, 0.4) is 0 Å². The number of methoxy groups -OCH3 is 1. The van der Waals surface area contributed by atoms with E-state index in [0.717, 1.165) is 44.9 Å². The van der Waals surface area contributed by atoms with Gasteiger partial charge in [-0.25, -0.2) is 8.42 Å². The number of amides is 2. The van der Waals surface area contributed by atoms with E-state index in [1.807, 2.05) is 0 Å². The van der Waals surface area contributed by atoms with Crippen molar-refractivity contribution in [3.63, 3.8) is 0 Å². The van der Waals surface area contributed by atoms with E-state index in [4.69, 9.17) is 4.74 Å². The lowest BCUT2D eigenvalue weighted by atomic mass is 10.1. The molecule has 1 aliphatic heterocycles. The highest BCUT2D eigenvalue weighted by atomic mass is 32.2. The third-order valence-corrected chi connectivity index (χ3v) is 7.31. The van der Waals surface area contributed by atoms with Gasteiger partial charge in [-0.1, -0.05) is 25.7 Å². The summed E-state index contributed by atoms with van der Waals surface area (Å²) in [4.78, 5) is 24.5. The quantitative estimate of drug-likeness (QED) is 0.572. The predicted octanol–water partition coefficient (Wildman–Crippen LogP) is 2.40. The Morgan fingerprint density at radius 1 is 1.03 bits per heavy atom. The zero-order valence-electron chi connectivity index (χ0n) is 16.8. The summed E-state index contributed by atoms with van der Waals surface area (Å²) in [5.41, 5.74) is 0.814. The second-order valence-corrected chi connectivity index (χ2v) is 9.61. The normalized spacial score (nSPS) is 19.8. The average Bonchev–Trinajstić information content (AvgIpc) is 2.96. The third kappa shape index (κ3) is 5.41. The van der Waals surface area contributed by atoms with Gasteiger partial charge in [-0.05, 0) is 37.8 Å². The molecular weight excluding hydrogens is 394 g/mol. The number of benzene rings is 1. The number of nitrogens with one attached hydrogen (secondary N) is 2. The monoisotopic (exact) mass is 423 g/mol. The number of carbonyl (C=O) groups excluding carboxylic acids is 2. The van der Waals surface area contributed by atoms with Crippen LogP contribution >= 0.6 is 0 Å². The number of sulfonamides is 1. The lowest BCUT2D eigenvalue weighted by Crippen LogP contribution is -2.41. The Morgan fingerprint density at radius 3 is 2.41 bits per heavy atom. The molecular formula is C20H29N3O5S. The minimum absolute atomic E-state index is 0.0389. The second kappa shape index (κ2) is 9.47. The smallest absolute Gasteiger partial charge is 0.313 e. The predicted molar refractivity (Wildman–Crippen MR) is 112 cm³/mol. The molecule has 1 heterocycles. The standard InChI is InChI=1S/C20H29N3O5S/c1-28-18-14-16(10-11-17(18)23-12-6-7-13-29(23,26)27)22-20(25)19(24)21-15-8-4-2-3-5-9-15/h10-11,14-15H,2-9,12-13H2,1H3,(H,21,24)(H,22,25). The summed E-state index contributed by atoms with van der Waals surface area (Å²) in [6.07, 6.45) is 7.66. The van der Waals surface area contributed by atoms with Crippen molar-refractivity contribution in [2.75, 3.05) is 29.0 Å². The number of hydrogen-bond acceptors (Lipinski definition) is 5. The summed E-state index contributed by atoms with van der Waals surface area (Å²) in [6, 6.07) is 4.76. The molecule has 8 nitrogen and oxygen atoms in total. The van der Waals surface area contributed by atoms with Gasteiger partial charge in [-0.15, -0.1) is 0 Å². The Balaban J connectivity index is 1.68. The van der Waals surface area contributed by atoms with Crippen molar-refractivity contribution >= 4 is 33.2 Å². The van der Waals surface area contributed by atoms with Crippen molar-refractivity contribution in [2.45, 2.75) is 57.4 Å². The Morgan fingerprint density at radius 2 is 1.76 bits per heavy atom. The summed E-state index contributed by atoms with van der Waals surface area (Å²) >= 11 is 0. The fourth-order valence-electron chi connectivity index (χ4n) is 3.88. The van der Waals surface area contributed by atoms with Crippen LogP contribution < -0.4 is 19.7 Å². The molecule has 2 fully saturated rings. The first-order valence-electron chi connectivity index (χ1n) is 10.2. The average molecular weight is 424 g/mol. The maximum absolute atomic E-state index is 12.4. The summed E-state index contributed by atoms with van der Waals surface area (Å²) < 4.78 is 31.4. The van der Waals surface area contributed by atoms with Gasteiger partial charge < -0.3 is 15.4 Å². The summed E-state index contributed by atoms with van der Waals surface area (Å²) in [5.74, 6) is -0.957. The summed E-state index contributed by atoms with van der Waals surface area (Å²) in [6.45, 7) is 0.397. The van der Waals surface area contributed by atoms with Crippen LogP contribution in [0.4, 0.5) is 11.4 Å². The molecule has 0 radical (unpaired) electrons. The van der Waals surface area contributed by atoms with Crippen LogP contribution in [0.2, 0.25) is 0 Å². The minimum Gasteiger partial charge on any atom is -0.494 e. The van der Waals surface area contributed by atoms with Crippen molar-refractivity contribution in [2.24, 2.45) is 0 Å². The molecule has 0 unspecified atom stereocenters. The van der Waals surface area contributed by atoms with E-state index < -0.39 is 21.8 Å². The maximum atomic E-state index is 12.4. The number of rotatable bonds is 4. The third-order valence-electron chi connectivity index (χ3n) is 5.45. The van der Waals surface area contributed by atoms with Crippen LogP contribution in [-0.4, -0.2) is 45.7 Å². The molecule has 160 valence electrons. The topological polar surface area (TPSA) is 105 Å². The Labute approximate surface area is 172 Å². The van der Waals surface area contributed by atoms with E-state index in [9.17, 15) is 18.0 Å². The zero-order chi connectivity index (χ0) is 20.9. The van der Waals surface area contributed by atoms with Gasteiger partial charge in [0.2, 0.25) is 10.0 Å². The highest BCUT2D eigenvalue weighted by molar-refractivity contribution is 7.92. The lowest BCUT2D eigenvalue weighted by molar-refractivity contribution is -0.136. The number of nitrogens with zero attached hydrogens (tertiary/aromatic N) is 1. The van der Waals surface area contributed by atoms with E-state index in [-0.39, 0.29) is 11.8 Å². The molecule has 9 heteroatoms. The number of ether oxygens (including phenoxy) is 1. The molecule has 2 amide bonds. The van der Waals surface area contributed by atoms with Gasteiger partial charge >= 0.3 is 11.8 Å². The van der Waals surface area contributed by atoms with E-state index in [0.29, 0.717) is 30.1 Å². The van der Waals surface area contributed by atoms with Gasteiger partial charge in [-0.3, -0.25) is 13.9 Å². The largest absolute Gasteiger partial charge is 0.494 e. The van der Waals surface area contributed by atoms with Crippen LogP contribution in [0.25, 0.3) is 0 Å². The zero-order valence-corrected chi connectivity index (χ0v) is 17.6. The fraction of sp³-hybridized carbons (Fsp3) is 0.600. The van der Waals surface area contributed by atoms with Crippen molar-refractivity contribution in [3.05, 3.63) is 18.2 Å². The first-order chi connectivity index (χ1) is 13.9. The number of anilines is 2. The van der Waals surface area contributed by atoms with Gasteiger partial charge in [0.15, 0.2) is 0 Å². The van der Waals surface area contributed by atoms with Crippen LogP contribution in [0.5, 0.6) is 5.75 Å². The van der Waals surface area contributed by atoms with E-state index in [2.05, 4.69) is 10.6 Å². The summed E-state index contributed by atoms with van der Waals surface area (Å²) in [5, 5.41) is 5.39. The number of carbonyl (C=O) groups is 2. The summed E-state index contributed by atoms with van der Waals surface area (Å²) in [7, 11) is -1.93. The minimum atomic E-state index is -3.38. The molecule has 1 aliphatic carbocycles. The molecule has 2 N–H and O–H groups in total. The molecule has 3 rings (SSSR count). The Hall–Kier alpha value is -2.29. The molecule has 0 spiro atoms. The van der Waals surface area contributed by atoms with E-state index in [1.54, 1.807) is 12.1 Å². The first kappa shape index (κ1) is 21.4. The lowest BCUT2D eigenvalue weighted by Gasteiger charge is -2.29. The molecule has 0 bridgehead atoms. The van der Waals surface area contributed by atoms with Crippen LogP contribution in [0, 0.1) is 0 Å². The fourth-order valence-corrected chi connectivity index (χ4v) is 5.53. The second-order valence-electron chi connectivity index (χ2n) is 7.60. The molecule has 1 aromatic carbocycles. The van der Waals surface area contributed by atoms with Gasteiger partial charge in [-0.2, -0.15) is 0 Å². The van der Waals surface area contributed by atoms with Crippen LogP contribution in [0.15, 0.2) is 18.2 Å². The van der Waals surface area contributed by atoms with Crippen molar-refractivity contribution in [1.29, 1.82) is 0 Å². The molecule has 29 heavy (non-hydrogen) atoms. The Kier molecular flexibility index (Phi) is 7.00. The molecule has 0 atom stereocenters. The molecule has 1 aromatic rings. The van der Waals surface area contributed by atoms with Crippen molar-refractivity contribution in [3.8, 4) is 5.75 Å². The van der Waals surface area contributed by atoms with Gasteiger partial charge in [0.1, 0.15) is 5.75 Å².